The first-order valence-corrected chi connectivity index (χ1v) is 5.14. The normalized spacial score (nSPS) is 21.6. The quantitative estimate of drug-likeness (QED) is 0.766. The van der Waals surface area contributed by atoms with Crippen molar-refractivity contribution < 1.29 is 8.78 Å². The number of benzene rings is 1. The summed E-state index contributed by atoms with van der Waals surface area (Å²) in [5.41, 5.74) is 0.829. The third-order valence-corrected chi connectivity index (χ3v) is 2.59. The molecule has 2 N–H and O–H groups in total. The molecule has 1 aromatic rings. The first-order valence-electron chi connectivity index (χ1n) is 5.14. The number of hydrogen-bond donors (Lipinski definition) is 2. The van der Waals surface area contributed by atoms with E-state index in [9.17, 15) is 8.78 Å². The van der Waals surface area contributed by atoms with E-state index in [-0.39, 0.29) is 0 Å². The highest BCUT2D eigenvalue weighted by Crippen LogP contribution is 2.10. The third-order valence-electron chi connectivity index (χ3n) is 2.59. The number of hydrogen-bond acceptors (Lipinski definition) is 2. The van der Waals surface area contributed by atoms with Gasteiger partial charge in [-0.2, -0.15) is 0 Å². The van der Waals surface area contributed by atoms with Crippen molar-refractivity contribution in [3.8, 4) is 0 Å². The van der Waals surface area contributed by atoms with Gasteiger partial charge in [0.25, 0.3) is 0 Å². The van der Waals surface area contributed by atoms with Gasteiger partial charge in [-0.3, -0.25) is 0 Å². The van der Waals surface area contributed by atoms with Crippen LogP contribution in [0.4, 0.5) is 8.78 Å². The topological polar surface area (TPSA) is 24.1 Å². The molecule has 1 aromatic carbocycles. The van der Waals surface area contributed by atoms with Gasteiger partial charge in [0.1, 0.15) is 0 Å². The zero-order valence-corrected chi connectivity index (χ0v) is 8.39. The zero-order chi connectivity index (χ0) is 10.7. The van der Waals surface area contributed by atoms with Crippen LogP contribution in [0, 0.1) is 11.6 Å². The Hall–Kier alpha value is -1.00. The lowest BCUT2D eigenvalue weighted by atomic mass is 10.0. The van der Waals surface area contributed by atoms with Crippen molar-refractivity contribution in [2.75, 3.05) is 19.6 Å². The molecular weight excluding hydrogens is 198 g/mol. The Balaban J connectivity index is 2.00. The van der Waals surface area contributed by atoms with E-state index in [1.165, 1.54) is 12.1 Å². The summed E-state index contributed by atoms with van der Waals surface area (Å²) in [4.78, 5) is 0. The van der Waals surface area contributed by atoms with Crippen LogP contribution in [0.3, 0.4) is 0 Å². The SMILES string of the molecule is Fc1ccc(C[C@H]2CNCCN2)cc1F. The molecular formula is C11H14F2N2. The van der Waals surface area contributed by atoms with E-state index in [1.807, 2.05) is 0 Å². The largest absolute Gasteiger partial charge is 0.314 e. The van der Waals surface area contributed by atoms with Crippen molar-refractivity contribution >= 4 is 0 Å². The fourth-order valence-electron chi connectivity index (χ4n) is 1.81. The molecule has 1 atom stereocenters. The van der Waals surface area contributed by atoms with Crippen LogP contribution >= 0.6 is 0 Å². The van der Waals surface area contributed by atoms with Crippen LogP contribution in [0.15, 0.2) is 18.2 Å². The minimum atomic E-state index is -0.784. The lowest BCUT2D eigenvalue weighted by molar-refractivity contribution is 0.415. The van der Waals surface area contributed by atoms with Crippen LogP contribution in [0.1, 0.15) is 5.56 Å². The van der Waals surface area contributed by atoms with E-state index in [1.54, 1.807) is 6.07 Å². The second-order valence-corrected chi connectivity index (χ2v) is 3.81. The average Bonchev–Trinajstić information content (AvgIpc) is 2.25. The van der Waals surface area contributed by atoms with Crippen LogP contribution in [0.5, 0.6) is 0 Å². The zero-order valence-electron chi connectivity index (χ0n) is 8.39. The highest BCUT2D eigenvalue weighted by atomic mass is 19.2. The number of rotatable bonds is 2. The minimum Gasteiger partial charge on any atom is -0.314 e. The second kappa shape index (κ2) is 4.68. The summed E-state index contributed by atoms with van der Waals surface area (Å²) in [7, 11) is 0. The lowest BCUT2D eigenvalue weighted by Crippen LogP contribution is -2.49. The summed E-state index contributed by atoms with van der Waals surface area (Å²) in [6.45, 7) is 2.77. The number of halogens is 2. The molecule has 1 heterocycles. The van der Waals surface area contributed by atoms with E-state index < -0.39 is 11.6 Å². The molecule has 0 unspecified atom stereocenters. The molecule has 0 saturated carbocycles. The Morgan fingerprint density at radius 1 is 1.20 bits per heavy atom. The minimum absolute atomic E-state index is 0.309. The highest BCUT2D eigenvalue weighted by molar-refractivity contribution is 5.19. The second-order valence-electron chi connectivity index (χ2n) is 3.81. The van der Waals surface area contributed by atoms with E-state index in [2.05, 4.69) is 10.6 Å². The molecule has 2 nitrogen and oxygen atoms in total. The van der Waals surface area contributed by atoms with Crippen molar-refractivity contribution in [3.05, 3.63) is 35.4 Å². The molecule has 0 aliphatic carbocycles. The summed E-state index contributed by atoms with van der Waals surface area (Å²) < 4.78 is 25.6. The van der Waals surface area contributed by atoms with Crippen LogP contribution < -0.4 is 10.6 Å². The van der Waals surface area contributed by atoms with Gasteiger partial charge in [0, 0.05) is 25.7 Å². The molecule has 0 spiro atoms. The van der Waals surface area contributed by atoms with Crippen LogP contribution in [-0.4, -0.2) is 25.7 Å². The summed E-state index contributed by atoms with van der Waals surface area (Å²) in [5, 5.41) is 6.57. The van der Waals surface area contributed by atoms with E-state index in [0.29, 0.717) is 6.04 Å². The maximum Gasteiger partial charge on any atom is 0.159 e. The molecule has 0 bridgehead atoms. The van der Waals surface area contributed by atoms with Crippen molar-refractivity contribution in [2.45, 2.75) is 12.5 Å². The van der Waals surface area contributed by atoms with E-state index >= 15 is 0 Å². The van der Waals surface area contributed by atoms with Gasteiger partial charge < -0.3 is 10.6 Å². The summed E-state index contributed by atoms with van der Waals surface area (Å²) in [5.74, 6) is -1.55. The van der Waals surface area contributed by atoms with Gasteiger partial charge >= 0.3 is 0 Å². The van der Waals surface area contributed by atoms with Gasteiger partial charge in [0.2, 0.25) is 0 Å². The summed E-state index contributed by atoms with van der Waals surface area (Å²) >= 11 is 0. The predicted octanol–water partition coefficient (Wildman–Crippen LogP) is 1.07. The lowest BCUT2D eigenvalue weighted by Gasteiger charge is -2.24. The van der Waals surface area contributed by atoms with Crippen LogP contribution in [0.25, 0.3) is 0 Å². The summed E-state index contributed by atoms with van der Waals surface area (Å²) in [6.07, 6.45) is 0.726. The molecule has 82 valence electrons. The van der Waals surface area contributed by atoms with Gasteiger partial charge in [0.15, 0.2) is 11.6 Å². The Bertz CT molecular complexity index is 335. The van der Waals surface area contributed by atoms with Gasteiger partial charge in [-0.15, -0.1) is 0 Å². The van der Waals surface area contributed by atoms with Crippen LogP contribution in [-0.2, 0) is 6.42 Å². The standard InChI is InChI=1S/C11H14F2N2/c12-10-2-1-8(6-11(10)13)5-9-7-14-3-4-15-9/h1-2,6,9,14-15H,3-5,7H2/t9-/m0/s1. The van der Waals surface area contributed by atoms with E-state index in [4.69, 9.17) is 0 Å². The number of nitrogens with one attached hydrogen (secondary N) is 2. The first-order chi connectivity index (χ1) is 7.25. The van der Waals surface area contributed by atoms with Crippen molar-refractivity contribution in [3.63, 3.8) is 0 Å². The molecule has 0 aromatic heterocycles. The fraction of sp³-hybridized carbons (Fsp3) is 0.455. The predicted molar refractivity (Wildman–Crippen MR) is 54.7 cm³/mol. The van der Waals surface area contributed by atoms with Crippen LogP contribution in [0.2, 0.25) is 0 Å². The molecule has 1 fully saturated rings. The Morgan fingerprint density at radius 2 is 2.07 bits per heavy atom. The Morgan fingerprint density at radius 3 is 2.73 bits per heavy atom. The molecule has 1 saturated heterocycles. The fourth-order valence-corrected chi connectivity index (χ4v) is 1.81. The molecule has 2 rings (SSSR count). The maximum atomic E-state index is 12.9. The van der Waals surface area contributed by atoms with Crippen molar-refractivity contribution in [2.24, 2.45) is 0 Å². The molecule has 1 aliphatic rings. The van der Waals surface area contributed by atoms with Crippen molar-refractivity contribution in [1.29, 1.82) is 0 Å². The van der Waals surface area contributed by atoms with Gasteiger partial charge in [-0.25, -0.2) is 8.78 Å². The third kappa shape index (κ3) is 2.73. The monoisotopic (exact) mass is 212 g/mol. The molecule has 1 aliphatic heterocycles. The van der Waals surface area contributed by atoms with Gasteiger partial charge in [-0.05, 0) is 24.1 Å². The average molecular weight is 212 g/mol. The Kier molecular flexibility index (Phi) is 3.28. The maximum absolute atomic E-state index is 12.9. The van der Waals surface area contributed by atoms with Crippen molar-refractivity contribution in [1.82, 2.24) is 10.6 Å². The highest BCUT2D eigenvalue weighted by Gasteiger charge is 2.13. The van der Waals surface area contributed by atoms with Gasteiger partial charge in [0.05, 0.1) is 0 Å². The Labute approximate surface area is 87.7 Å². The number of piperazine rings is 1. The van der Waals surface area contributed by atoms with E-state index in [0.717, 1.165) is 31.6 Å². The smallest absolute Gasteiger partial charge is 0.159 e. The molecule has 0 radical (unpaired) electrons. The molecule has 4 heteroatoms. The molecule has 15 heavy (non-hydrogen) atoms. The van der Waals surface area contributed by atoms with Gasteiger partial charge in [-0.1, -0.05) is 6.07 Å². The first kappa shape index (κ1) is 10.5. The summed E-state index contributed by atoms with van der Waals surface area (Å²) in [6, 6.07) is 4.39. The molecule has 0 amide bonds.